The van der Waals surface area contributed by atoms with Crippen molar-refractivity contribution in [3.8, 4) is 0 Å². The van der Waals surface area contributed by atoms with E-state index in [0.29, 0.717) is 0 Å². The summed E-state index contributed by atoms with van der Waals surface area (Å²) >= 11 is 0. The van der Waals surface area contributed by atoms with Gasteiger partial charge in [-0.2, -0.15) is 0 Å². The highest BCUT2D eigenvalue weighted by molar-refractivity contribution is 4.77. The van der Waals surface area contributed by atoms with Crippen molar-refractivity contribution < 1.29 is 14.6 Å². The van der Waals surface area contributed by atoms with Crippen LogP contribution in [0.25, 0.3) is 0 Å². The number of methoxy groups -OCH3 is 2. The van der Waals surface area contributed by atoms with Gasteiger partial charge in [0.05, 0.1) is 12.2 Å². The van der Waals surface area contributed by atoms with E-state index in [1.807, 2.05) is 13.0 Å². The molecule has 0 saturated heterocycles. The summed E-state index contributed by atoms with van der Waals surface area (Å²) < 4.78 is 10.5. The molecule has 0 aliphatic rings. The molecule has 0 heterocycles. The van der Waals surface area contributed by atoms with Crippen molar-refractivity contribution in [3.05, 3.63) is 12.7 Å². The minimum atomic E-state index is 0.0390. The van der Waals surface area contributed by atoms with Crippen LogP contribution in [0.4, 0.5) is 0 Å². The van der Waals surface area contributed by atoms with Gasteiger partial charge in [-0.1, -0.05) is 6.08 Å². The van der Waals surface area contributed by atoms with Crippen LogP contribution in [0.15, 0.2) is 12.7 Å². The second kappa shape index (κ2) is 7.97. The normalized spacial score (nSPS) is 17.4. The average molecular weight is 202 g/mol. The summed E-state index contributed by atoms with van der Waals surface area (Å²) in [5, 5.41) is 9.11. The zero-order valence-electron chi connectivity index (χ0n) is 9.40. The van der Waals surface area contributed by atoms with E-state index < -0.39 is 0 Å². The third-order valence-electron chi connectivity index (χ3n) is 2.52. The van der Waals surface area contributed by atoms with Gasteiger partial charge >= 0.3 is 0 Å². The molecule has 0 bridgehead atoms. The maximum absolute atomic E-state index is 9.11. The molecule has 3 nitrogen and oxygen atoms in total. The lowest BCUT2D eigenvalue weighted by Crippen LogP contribution is -2.30. The predicted molar refractivity (Wildman–Crippen MR) is 57.3 cm³/mol. The Morgan fingerprint density at radius 2 is 2.00 bits per heavy atom. The average Bonchev–Trinajstić information content (AvgIpc) is 2.23. The van der Waals surface area contributed by atoms with Gasteiger partial charge in [-0.3, -0.25) is 0 Å². The summed E-state index contributed by atoms with van der Waals surface area (Å²) in [6.07, 6.45) is 3.53. The molecule has 3 atom stereocenters. The van der Waals surface area contributed by atoms with E-state index in [-0.39, 0.29) is 24.7 Å². The summed E-state index contributed by atoms with van der Waals surface area (Å²) in [5.74, 6) is 0.218. The molecule has 0 saturated carbocycles. The van der Waals surface area contributed by atoms with Crippen molar-refractivity contribution in [1.82, 2.24) is 0 Å². The highest BCUT2D eigenvalue weighted by Crippen LogP contribution is 2.16. The van der Waals surface area contributed by atoms with Gasteiger partial charge in [0.1, 0.15) is 0 Å². The van der Waals surface area contributed by atoms with Gasteiger partial charge < -0.3 is 14.6 Å². The van der Waals surface area contributed by atoms with Gasteiger partial charge in [0, 0.05) is 20.8 Å². The van der Waals surface area contributed by atoms with Crippen LogP contribution >= 0.6 is 0 Å². The molecule has 0 aliphatic heterocycles. The van der Waals surface area contributed by atoms with Crippen molar-refractivity contribution in [1.29, 1.82) is 0 Å². The van der Waals surface area contributed by atoms with Gasteiger partial charge in [0.25, 0.3) is 0 Å². The fourth-order valence-corrected chi connectivity index (χ4v) is 1.44. The van der Waals surface area contributed by atoms with Crippen LogP contribution in [0.2, 0.25) is 0 Å². The molecule has 14 heavy (non-hydrogen) atoms. The maximum atomic E-state index is 9.11. The number of allylic oxidation sites excluding steroid dienone is 1. The highest BCUT2D eigenvalue weighted by atomic mass is 16.5. The van der Waals surface area contributed by atoms with Gasteiger partial charge in [-0.25, -0.2) is 0 Å². The van der Waals surface area contributed by atoms with Crippen LogP contribution in [-0.4, -0.2) is 38.1 Å². The minimum absolute atomic E-state index is 0.0390. The molecule has 1 N–H and O–H groups in total. The second-order valence-electron chi connectivity index (χ2n) is 3.52. The molecular formula is C11H22O3. The van der Waals surface area contributed by atoms with Gasteiger partial charge in [0.2, 0.25) is 0 Å². The lowest BCUT2D eigenvalue weighted by Gasteiger charge is -2.24. The molecule has 0 rings (SSSR count). The standard InChI is InChI=1S/C11H22O3/c1-5-6-10(8-12)7-11(14-4)9(2)13-3/h5,9-12H,1,6-8H2,2-4H3. The predicted octanol–water partition coefficient (Wildman–Crippen LogP) is 1.61. The Morgan fingerprint density at radius 3 is 2.36 bits per heavy atom. The molecular weight excluding hydrogens is 180 g/mol. The Morgan fingerprint density at radius 1 is 1.36 bits per heavy atom. The van der Waals surface area contributed by atoms with Crippen LogP contribution in [0.1, 0.15) is 19.8 Å². The van der Waals surface area contributed by atoms with Crippen molar-refractivity contribution in [2.24, 2.45) is 5.92 Å². The molecule has 0 aromatic rings. The molecule has 0 amide bonds. The van der Waals surface area contributed by atoms with E-state index in [0.717, 1.165) is 12.8 Å². The second-order valence-corrected chi connectivity index (χ2v) is 3.52. The Bertz CT molecular complexity index is 147. The van der Waals surface area contributed by atoms with Gasteiger partial charge in [-0.05, 0) is 25.7 Å². The Kier molecular flexibility index (Phi) is 7.76. The van der Waals surface area contributed by atoms with E-state index >= 15 is 0 Å². The number of hydrogen-bond donors (Lipinski definition) is 1. The quantitative estimate of drug-likeness (QED) is 0.608. The smallest absolute Gasteiger partial charge is 0.0833 e. The van der Waals surface area contributed by atoms with Crippen molar-refractivity contribution in [2.75, 3.05) is 20.8 Å². The van der Waals surface area contributed by atoms with Crippen molar-refractivity contribution in [3.63, 3.8) is 0 Å². The first-order chi connectivity index (χ1) is 6.69. The first-order valence-electron chi connectivity index (χ1n) is 4.96. The van der Waals surface area contributed by atoms with Crippen LogP contribution in [-0.2, 0) is 9.47 Å². The SMILES string of the molecule is C=CCC(CO)CC(OC)C(C)OC. The summed E-state index contributed by atoms with van der Waals surface area (Å²) in [4.78, 5) is 0. The molecule has 0 radical (unpaired) electrons. The number of hydrogen-bond acceptors (Lipinski definition) is 3. The molecule has 3 unspecified atom stereocenters. The number of aliphatic hydroxyl groups is 1. The number of ether oxygens (including phenoxy) is 2. The first kappa shape index (κ1) is 13.6. The molecule has 0 aliphatic carbocycles. The minimum Gasteiger partial charge on any atom is -0.396 e. The molecule has 0 aromatic carbocycles. The summed E-state index contributed by atoms with van der Waals surface area (Å²) in [6.45, 7) is 5.80. The summed E-state index contributed by atoms with van der Waals surface area (Å²) in [6, 6.07) is 0. The van der Waals surface area contributed by atoms with E-state index in [1.54, 1.807) is 14.2 Å². The Hall–Kier alpha value is -0.380. The fraction of sp³-hybridized carbons (Fsp3) is 0.818. The lowest BCUT2D eigenvalue weighted by atomic mass is 9.96. The third-order valence-corrected chi connectivity index (χ3v) is 2.52. The van der Waals surface area contributed by atoms with E-state index in [2.05, 4.69) is 6.58 Å². The van der Waals surface area contributed by atoms with Crippen LogP contribution in [0.3, 0.4) is 0 Å². The Balaban J connectivity index is 4.05. The Labute approximate surface area is 86.7 Å². The zero-order chi connectivity index (χ0) is 11.0. The largest absolute Gasteiger partial charge is 0.396 e. The highest BCUT2D eigenvalue weighted by Gasteiger charge is 2.20. The van der Waals surface area contributed by atoms with Crippen LogP contribution in [0, 0.1) is 5.92 Å². The van der Waals surface area contributed by atoms with Crippen LogP contribution in [0.5, 0.6) is 0 Å². The van der Waals surface area contributed by atoms with E-state index in [1.165, 1.54) is 0 Å². The summed E-state index contributed by atoms with van der Waals surface area (Å²) in [5.41, 5.74) is 0. The molecule has 0 spiro atoms. The van der Waals surface area contributed by atoms with Crippen LogP contribution < -0.4 is 0 Å². The third kappa shape index (κ3) is 4.74. The first-order valence-corrected chi connectivity index (χ1v) is 4.96. The number of aliphatic hydroxyl groups excluding tert-OH is 1. The van der Waals surface area contributed by atoms with E-state index in [4.69, 9.17) is 14.6 Å². The maximum Gasteiger partial charge on any atom is 0.0833 e. The van der Waals surface area contributed by atoms with Crippen molar-refractivity contribution >= 4 is 0 Å². The fourth-order valence-electron chi connectivity index (χ4n) is 1.44. The molecule has 3 heteroatoms. The molecule has 0 fully saturated rings. The van der Waals surface area contributed by atoms with Gasteiger partial charge in [-0.15, -0.1) is 6.58 Å². The molecule has 84 valence electrons. The van der Waals surface area contributed by atoms with E-state index in [9.17, 15) is 0 Å². The topological polar surface area (TPSA) is 38.7 Å². The number of rotatable bonds is 8. The zero-order valence-corrected chi connectivity index (χ0v) is 9.40. The summed E-state index contributed by atoms with van der Waals surface area (Å²) in [7, 11) is 3.33. The monoisotopic (exact) mass is 202 g/mol. The molecule has 0 aromatic heterocycles. The van der Waals surface area contributed by atoms with Crippen molar-refractivity contribution in [2.45, 2.75) is 32.0 Å². The van der Waals surface area contributed by atoms with Gasteiger partial charge in [0.15, 0.2) is 0 Å². The lowest BCUT2D eigenvalue weighted by molar-refractivity contribution is -0.0405.